The van der Waals surface area contributed by atoms with E-state index < -0.39 is 0 Å². The fourth-order valence-electron chi connectivity index (χ4n) is 1.79. The second kappa shape index (κ2) is 6.68. The molecule has 1 aliphatic rings. The molecule has 0 spiro atoms. The SMILES string of the molecule is COCCc1noc(COC2CCNCC2)n1. The molecule has 0 aromatic carbocycles. The van der Waals surface area contributed by atoms with Crippen molar-refractivity contribution in [1.82, 2.24) is 15.5 Å². The third-order valence-electron chi connectivity index (χ3n) is 2.77. The van der Waals surface area contributed by atoms with E-state index in [0.717, 1.165) is 25.9 Å². The summed E-state index contributed by atoms with van der Waals surface area (Å²) in [6, 6.07) is 0. The van der Waals surface area contributed by atoms with E-state index in [1.165, 1.54) is 0 Å². The Morgan fingerprint density at radius 3 is 3.00 bits per heavy atom. The van der Waals surface area contributed by atoms with Crippen molar-refractivity contribution < 1.29 is 14.0 Å². The van der Waals surface area contributed by atoms with Crippen LogP contribution in [0.3, 0.4) is 0 Å². The van der Waals surface area contributed by atoms with E-state index in [-0.39, 0.29) is 0 Å². The minimum Gasteiger partial charge on any atom is -0.384 e. The van der Waals surface area contributed by atoms with Crippen LogP contribution in [0.15, 0.2) is 4.52 Å². The summed E-state index contributed by atoms with van der Waals surface area (Å²) < 4.78 is 15.8. The van der Waals surface area contributed by atoms with Gasteiger partial charge in [-0.05, 0) is 25.9 Å². The van der Waals surface area contributed by atoms with Crippen LogP contribution in [-0.4, -0.2) is 43.1 Å². The highest BCUT2D eigenvalue weighted by Gasteiger charge is 2.15. The normalized spacial score (nSPS) is 17.5. The predicted molar refractivity (Wildman–Crippen MR) is 60.6 cm³/mol. The highest BCUT2D eigenvalue weighted by Crippen LogP contribution is 2.10. The van der Waals surface area contributed by atoms with Crippen LogP contribution in [0.4, 0.5) is 0 Å². The van der Waals surface area contributed by atoms with Gasteiger partial charge in [-0.2, -0.15) is 4.98 Å². The molecule has 0 radical (unpaired) electrons. The highest BCUT2D eigenvalue weighted by atomic mass is 16.5. The molecule has 0 bridgehead atoms. The molecule has 1 fully saturated rings. The lowest BCUT2D eigenvalue weighted by molar-refractivity contribution is 0.00859. The van der Waals surface area contributed by atoms with Crippen molar-refractivity contribution in [3.63, 3.8) is 0 Å². The molecule has 2 rings (SSSR count). The van der Waals surface area contributed by atoms with Crippen LogP contribution in [0.25, 0.3) is 0 Å². The molecule has 0 saturated carbocycles. The summed E-state index contributed by atoms with van der Waals surface area (Å²) in [7, 11) is 1.65. The molecule has 17 heavy (non-hydrogen) atoms. The maximum atomic E-state index is 5.72. The molecule has 6 heteroatoms. The number of hydrogen-bond acceptors (Lipinski definition) is 6. The number of nitrogens with one attached hydrogen (secondary N) is 1. The highest BCUT2D eigenvalue weighted by molar-refractivity contribution is 4.85. The van der Waals surface area contributed by atoms with Crippen molar-refractivity contribution in [3.8, 4) is 0 Å². The molecule has 0 unspecified atom stereocenters. The Kier molecular flexibility index (Phi) is 4.90. The van der Waals surface area contributed by atoms with Gasteiger partial charge in [0.05, 0.1) is 12.7 Å². The molecule has 0 aliphatic carbocycles. The van der Waals surface area contributed by atoms with Gasteiger partial charge < -0.3 is 19.3 Å². The van der Waals surface area contributed by atoms with E-state index in [9.17, 15) is 0 Å². The lowest BCUT2D eigenvalue weighted by Gasteiger charge is -2.21. The van der Waals surface area contributed by atoms with E-state index in [1.54, 1.807) is 7.11 Å². The van der Waals surface area contributed by atoms with Crippen LogP contribution in [0.2, 0.25) is 0 Å². The van der Waals surface area contributed by atoms with E-state index in [2.05, 4.69) is 15.5 Å². The van der Waals surface area contributed by atoms with Crippen molar-refractivity contribution in [3.05, 3.63) is 11.7 Å². The molecule has 96 valence electrons. The quantitative estimate of drug-likeness (QED) is 0.783. The zero-order valence-electron chi connectivity index (χ0n) is 10.1. The van der Waals surface area contributed by atoms with Crippen molar-refractivity contribution in [2.24, 2.45) is 0 Å². The van der Waals surface area contributed by atoms with Crippen LogP contribution >= 0.6 is 0 Å². The number of piperidine rings is 1. The lowest BCUT2D eigenvalue weighted by Crippen LogP contribution is -2.32. The van der Waals surface area contributed by atoms with Crippen molar-refractivity contribution in [2.75, 3.05) is 26.8 Å². The fraction of sp³-hybridized carbons (Fsp3) is 0.818. The summed E-state index contributed by atoms with van der Waals surface area (Å²) >= 11 is 0. The molecule has 0 atom stereocenters. The summed E-state index contributed by atoms with van der Waals surface area (Å²) in [6.07, 6.45) is 3.08. The third kappa shape index (κ3) is 4.07. The largest absolute Gasteiger partial charge is 0.384 e. The predicted octanol–water partition coefficient (Wildman–Crippen LogP) is 0.527. The summed E-state index contributed by atoms with van der Waals surface area (Å²) in [5.41, 5.74) is 0. The van der Waals surface area contributed by atoms with Crippen LogP contribution in [0.5, 0.6) is 0 Å². The van der Waals surface area contributed by atoms with Crippen LogP contribution in [-0.2, 0) is 22.5 Å². The number of methoxy groups -OCH3 is 1. The molecule has 1 aliphatic heterocycles. The topological polar surface area (TPSA) is 69.4 Å². The summed E-state index contributed by atoms with van der Waals surface area (Å²) in [4.78, 5) is 4.23. The van der Waals surface area contributed by atoms with Crippen molar-refractivity contribution >= 4 is 0 Å². The first kappa shape index (κ1) is 12.5. The summed E-state index contributed by atoms with van der Waals surface area (Å²) in [6.45, 7) is 3.06. The van der Waals surface area contributed by atoms with E-state index in [0.29, 0.717) is 37.5 Å². The molecule has 1 saturated heterocycles. The van der Waals surface area contributed by atoms with Gasteiger partial charge >= 0.3 is 0 Å². The summed E-state index contributed by atoms with van der Waals surface area (Å²) in [5, 5.41) is 7.15. The monoisotopic (exact) mass is 241 g/mol. The Bertz CT molecular complexity index is 324. The lowest BCUT2D eigenvalue weighted by atomic mass is 10.1. The number of ether oxygens (including phenoxy) is 2. The maximum Gasteiger partial charge on any atom is 0.252 e. The maximum absolute atomic E-state index is 5.72. The van der Waals surface area contributed by atoms with Gasteiger partial charge in [0, 0.05) is 13.5 Å². The van der Waals surface area contributed by atoms with Crippen molar-refractivity contribution in [2.45, 2.75) is 32.0 Å². The summed E-state index contributed by atoms with van der Waals surface area (Å²) in [5.74, 6) is 1.23. The van der Waals surface area contributed by atoms with Gasteiger partial charge in [-0.25, -0.2) is 0 Å². The zero-order valence-corrected chi connectivity index (χ0v) is 10.1. The van der Waals surface area contributed by atoms with Gasteiger partial charge in [-0.1, -0.05) is 5.16 Å². The molecule has 1 aromatic heterocycles. The van der Waals surface area contributed by atoms with Crippen LogP contribution in [0, 0.1) is 0 Å². The number of aromatic nitrogens is 2. The second-order valence-corrected chi connectivity index (χ2v) is 4.11. The first-order valence-corrected chi connectivity index (χ1v) is 6.01. The fourth-order valence-corrected chi connectivity index (χ4v) is 1.79. The van der Waals surface area contributed by atoms with Crippen LogP contribution in [0.1, 0.15) is 24.6 Å². The van der Waals surface area contributed by atoms with Gasteiger partial charge in [0.25, 0.3) is 5.89 Å². The molecule has 0 amide bonds. The molecular formula is C11H19N3O3. The minimum atomic E-state index is 0.311. The third-order valence-corrected chi connectivity index (χ3v) is 2.77. The van der Waals surface area contributed by atoms with Gasteiger partial charge in [0.15, 0.2) is 5.82 Å². The molecule has 6 nitrogen and oxygen atoms in total. The number of hydrogen-bond donors (Lipinski definition) is 1. The average molecular weight is 241 g/mol. The molecular weight excluding hydrogens is 222 g/mol. The van der Waals surface area contributed by atoms with Crippen molar-refractivity contribution in [1.29, 1.82) is 0 Å². The first-order valence-electron chi connectivity index (χ1n) is 6.01. The zero-order chi connectivity index (χ0) is 11.9. The minimum absolute atomic E-state index is 0.311. The molecule has 1 aromatic rings. The standard InChI is InChI=1S/C11H19N3O3/c1-15-7-4-10-13-11(17-14-10)8-16-9-2-5-12-6-3-9/h9,12H,2-8H2,1H3. The van der Waals surface area contributed by atoms with E-state index in [1.807, 2.05) is 0 Å². The van der Waals surface area contributed by atoms with E-state index in [4.69, 9.17) is 14.0 Å². The Balaban J connectivity index is 1.72. The Morgan fingerprint density at radius 2 is 2.24 bits per heavy atom. The molecule has 2 heterocycles. The first-order chi connectivity index (χ1) is 8.38. The smallest absolute Gasteiger partial charge is 0.252 e. The average Bonchev–Trinajstić information content (AvgIpc) is 2.83. The number of nitrogens with zero attached hydrogens (tertiary/aromatic N) is 2. The van der Waals surface area contributed by atoms with Gasteiger partial charge in [-0.15, -0.1) is 0 Å². The molecule has 1 N–H and O–H groups in total. The van der Waals surface area contributed by atoms with Crippen LogP contribution < -0.4 is 5.32 Å². The number of rotatable bonds is 6. The van der Waals surface area contributed by atoms with Gasteiger partial charge in [0.1, 0.15) is 6.61 Å². The Hall–Kier alpha value is -0.980. The Morgan fingerprint density at radius 1 is 1.41 bits per heavy atom. The van der Waals surface area contributed by atoms with Gasteiger partial charge in [-0.3, -0.25) is 0 Å². The second-order valence-electron chi connectivity index (χ2n) is 4.11. The van der Waals surface area contributed by atoms with Gasteiger partial charge in [0.2, 0.25) is 0 Å². The Labute approximate surface area is 101 Å². The van der Waals surface area contributed by atoms with E-state index >= 15 is 0 Å².